The van der Waals surface area contributed by atoms with Crippen LogP contribution in [0, 0.1) is 5.92 Å². The van der Waals surface area contributed by atoms with E-state index < -0.39 is 5.97 Å². The van der Waals surface area contributed by atoms with Crippen molar-refractivity contribution in [2.75, 3.05) is 17.6 Å². The zero-order chi connectivity index (χ0) is 15.2. The van der Waals surface area contributed by atoms with Crippen LogP contribution in [0.1, 0.15) is 43.0 Å². The summed E-state index contributed by atoms with van der Waals surface area (Å²) >= 11 is 1.55. The van der Waals surface area contributed by atoms with E-state index in [0.29, 0.717) is 17.2 Å². The number of anilines is 1. The Bertz CT molecular complexity index is 492. The van der Waals surface area contributed by atoms with Crippen molar-refractivity contribution < 1.29 is 15.0 Å². The molecular weight excluding hydrogens is 286 g/mol. The molecule has 21 heavy (non-hydrogen) atoms. The maximum atomic E-state index is 11.5. The summed E-state index contributed by atoms with van der Waals surface area (Å²) in [6, 6.07) is 5.57. The smallest absolute Gasteiger partial charge is 0.338 e. The molecular formula is C16H23NO3S. The van der Waals surface area contributed by atoms with Crippen molar-refractivity contribution in [1.29, 1.82) is 0 Å². The van der Waals surface area contributed by atoms with Crippen molar-refractivity contribution in [2.24, 2.45) is 5.92 Å². The number of aliphatic hydroxyl groups is 1. The van der Waals surface area contributed by atoms with Crippen LogP contribution in [0.5, 0.6) is 0 Å². The van der Waals surface area contributed by atoms with Gasteiger partial charge in [0, 0.05) is 17.1 Å². The Labute approximate surface area is 129 Å². The molecule has 0 heterocycles. The second-order valence-electron chi connectivity index (χ2n) is 5.48. The van der Waals surface area contributed by atoms with Gasteiger partial charge < -0.3 is 15.5 Å². The van der Waals surface area contributed by atoms with E-state index in [1.165, 1.54) is 0 Å². The predicted octanol–water partition coefficient (Wildman–Crippen LogP) is 3.46. The number of carbonyl (C=O) groups is 1. The third kappa shape index (κ3) is 4.38. The Kier molecular flexibility index (Phi) is 5.94. The average Bonchev–Trinajstić information content (AvgIpc) is 2.45. The molecule has 4 nitrogen and oxygen atoms in total. The molecule has 2 unspecified atom stereocenters. The molecule has 1 aromatic carbocycles. The summed E-state index contributed by atoms with van der Waals surface area (Å²) in [7, 11) is 0. The molecule has 5 heteroatoms. The summed E-state index contributed by atoms with van der Waals surface area (Å²) in [4.78, 5) is 12.3. The molecule has 0 aromatic heterocycles. The Morgan fingerprint density at radius 1 is 1.43 bits per heavy atom. The number of benzene rings is 1. The Morgan fingerprint density at radius 2 is 2.24 bits per heavy atom. The Morgan fingerprint density at radius 3 is 2.90 bits per heavy atom. The molecule has 1 fully saturated rings. The van der Waals surface area contributed by atoms with Gasteiger partial charge in [0.05, 0.1) is 11.7 Å². The average molecular weight is 309 g/mol. The number of carboxylic acid groups (broad SMARTS) is 1. The van der Waals surface area contributed by atoms with Gasteiger partial charge in [-0.3, -0.25) is 0 Å². The number of hydrogen-bond acceptors (Lipinski definition) is 4. The molecule has 116 valence electrons. The molecule has 0 saturated heterocycles. The lowest BCUT2D eigenvalue weighted by molar-refractivity contribution is 0.0694. The van der Waals surface area contributed by atoms with E-state index in [-0.39, 0.29) is 6.10 Å². The number of thioether (sulfide) groups is 1. The van der Waals surface area contributed by atoms with Gasteiger partial charge in [0.1, 0.15) is 0 Å². The fraction of sp³-hybridized carbons (Fsp3) is 0.562. The maximum Gasteiger partial charge on any atom is 0.338 e. The summed E-state index contributed by atoms with van der Waals surface area (Å²) in [5, 5.41) is 22.4. The van der Waals surface area contributed by atoms with Gasteiger partial charge in [-0.2, -0.15) is 0 Å². The van der Waals surface area contributed by atoms with Crippen molar-refractivity contribution in [3.63, 3.8) is 0 Å². The largest absolute Gasteiger partial charge is 0.478 e. The van der Waals surface area contributed by atoms with Crippen LogP contribution in [0.25, 0.3) is 0 Å². The van der Waals surface area contributed by atoms with Crippen LogP contribution in [-0.4, -0.2) is 34.6 Å². The second kappa shape index (κ2) is 7.71. The van der Waals surface area contributed by atoms with Crippen molar-refractivity contribution in [3.8, 4) is 0 Å². The molecule has 2 rings (SSSR count). The van der Waals surface area contributed by atoms with Gasteiger partial charge in [-0.1, -0.05) is 19.4 Å². The van der Waals surface area contributed by atoms with Gasteiger partial charge in [0.15, 0.2) is 0 Å². The molecule has 0 aliphatic heterocycles. The first-order chi connectivity index (χ1) is 10.1. The molecule has 1 saturated carbocycles. The fourth-order valence-corrected chi connectivity index (χ4v) is 3.70. The van der Waals surface area contributed by atoms with E-state index in [9.17, 15) is 15.0 Å². The van der Waals surface area contributed by atoms with Gasteiger partial charge in [-0.25, -0.2) is 4.79 Å². The van der Waals surface area contributed by atoms with Crippen LogP contribution >= 0.6 is 11.8 Å². The van der Waals surface area contributed by atoms with Crippen LogP contribution < -0.4 is 5.32 Å². The third-order valence-corrected chi connectivity index (χ3v) is 4.82. The number of rotatable bonds is 6. The maximum absolute atomic E-state index is 11.5. The number of aliphatic hydroxyl groups excluding tert-OH is 1. The van der Waals surface area contributed by atoms with E-state index in [0.717, 1.165) is 42.9 Å². The molecule has 1 aliphatic rings. The fourth-order valence-electron chi connectivity index (χ4n) is 2.88. The van der Waals surface area contributed by atoms with E-state index >= 15 is 0 Å². The van der Waals surface area contributed by atoms with E-state index in [2.05, 4.69) is 5.32 Å². The molecule has 0 spiro atoms. The number of nitrogens with one attached hydrogen (secondary N) is 1. The zero-order valence-corrected chi connectivity index (χ0v) is 13.2. The lowest BCUT2D eigenvalue weighted by Crippen LogP contribution is -2.25. The molecule has 2 atom stereocenters. The molecule has 0 amide bonds. The lowest BCUT2D eigenvalue weighted by atomic mass is 9.87. The van der Waals surface area contributed by atoms with Gasteiger partial charge >= 0.3 is 5.97 Å². The minimum absolute atomic E-state index is 0.202. The normalized spacial score (nSPS) is 22.0. The molecule has 3 N–H and O–H groups in total. The lowest BCUT2D eigenvalue weighted by Gasteiger charge is -2.26. The minimum atomic E-state index is -0.891. The van der Waals surface area contributed by atoms with Gasteiger partial charge in [-0.05, 0) is 43.1 Å². The quantitative estimate of drug-likeness (QED) is 0.702. The number of aromatic carboxylic acids is 1. The van der Waals surface area contributed by atoms with Crippen LogP contribution in [-0.2, 0) is 0 Å². The first kappa shape index (κ1) is 16.2. The molecule has 1 aromatic rings. The first-order valence-corrected chi connectivity index (χ1v) is 8.51. The molecule has 0 bridgehead atoms. The monoisotopic (exact) mass is 309 g/mol. The van der Waals surface area contributed by atoms with Gasteiger partial charge in [-0.15, -0.1) is 11.8 Å². The van der Waals surface area contributed by atoms with Crippen molar-refractivity contribution in [1.82, 2.24) is 0 Å². The SMILES string of the molecule is CCSc1cccc(NCC2CCCC(O)C2)c1C(=O)O. The number of hydrogen-bond donors (Lipinski definition) is 3. The van der Waals surface area contributed by atoms with Gasteiger partial charge in [0.25, 0.3) is 0 Å². The first-order valence-electron chi connectivity index (χ1n) is 7.52. The topological polar surface area (TPSA) is 69.6 Å². The summed E-state index contributed by atoms with van der Waals surface area (Å²) in [5.74, 6) is 0.369. The highest BCUT2D eigenvalue weighted by Crippen LogP contribution is 2.30. The van der Waals surface area contributed by atoms with Crippen LogP contribution in [0.2, 0.25) is 0 Å². The highest BCUT2D eigenvalue weighted by Gasteiger charge is 2.21. The van der Waals surface area contributed by atoms with Gasteiger partial charge in [0.2, 0.25) is 0 Å². The van der Waals surface area contributed by atoms with Crippen LogP contribution in [0.4, 0.5) is 5.69 Å². The minimum Gasteiger partial charge on any atom is -0.478 e. The highest BCUT2D eigenvalue weighted by molar-refractivity contribution is 7.99. The Hall–Kier alpha value is -1.20. The van der Waals surface area contributed by atoms with Crippen molar-refractivity contribution in [2.45, 2.75) is 43.6 Å². The van der Waals surface area contributed by atoms with E-state index in [1.54, 1.807) is 11.8 Å². The van der Waals surface area contributed by atoms with E-state index in [4.69, 9.17) is 0 Å². The zero-order valence-electron chi connectivity index (χ0n) is 12.3. The molecule has 0 radical (unpaired) electrons. The van der Waals surface area contributed by atoms with Crippen molar-refractivity contribution in [3.05, 3.63) is 23.8 Å². The summed E-state index contributed by atoms with van der Waals surface area (Å²) in [5.41, 5.74) is 1.04. The van der Waals surface area contributed by atoms with Crippen LogP contribution in [0.3, 0.4) is 0 Å². The summed E-state index contributed by atoms with van der Waals surface area (Å²) in [6.07, 6.45) is 3.63. The second-order valence-corrected chi connectivity index (χ2v) is 6.79. The molecule has 1 aliphatic carbocycles. The summed E-state index contributed by atoms with van der Waals surface area (Å²) in [6.45, 7) is 2.73. The highest BCUT2D eigenvalue weighted by atomic mass is 32.2. The standard InChI is InChI=1S/C16H23NO3S/c1-2-21-14-8-4-7-13(15(14)16(19)20)17-10-11-5-3-6-12(18)9-11/h4,7-8,11-12,17-18H,2-3,5-6,9-10H2,1H3,(H,19,20). The van der Waals surface area contributed by atoms with Crippen LogP contribution in [0.15, 0.2) is 23.1 Å². The third-order valence-electron chi connectivity index (χ3n) is 3.88. The van der Waals surface area contributed by atoms with Crippen molar-refractivity contribution >= 4 is 23.4 Å². The van der Waals surface area contributed by atoms with E-state index in [1.807, 2.05) is 25.1 Å². The Balaban J connectivity index is 2.08. The number of carboxylic acids is 1. The summed E-state index contributed by atoms with van der Waals surface area (Å²) < 4.78 is 0. The predicted molar refractivity (Wildman–Crippen MR) is 86.3 cm³/mol.